The number of aliphatic carboxylic acids is 1. The van der Waals surface area contributed by atoms with Crippen LogP contribution in [0.25, 0.3) is 17.1 Å². The van der Waals surface area contributed by atoms with E-state index in [1.165, 1.54) is 6.92 Å². The van der Waals surface area contributed by atoms with E-state index in [1.54, 1.807) is 43.9 Å². The Hall–Kier alpha value is -3.35. The predicted octanol–water partition coefficient (Wildman–Crippen LogP) is 2.79. The molecular weight excluding hydrogens is 322 g/mol. The van der Waals surface area contributed by atoms with E-state index in [2.05, 4.69) is 9.97 Å². The number of imidazole rings is 1. The van der Waals surface area contributed by atoms with Crippen LogP contribution in [0, 0.1) is 0 Å². The van der Waals surface area contributed by atoms with Gasteiger partial charge in [0.05, 0.1) is 12.7 Å². The standard InChI is InChI=1S/C18H17N3O4/c1-12(18(22)23)25-15-8-4-3-6-13(15)16-19-10-11-21(16)14-7-5-9-20-17(14)24-2/h3-12H,1-2H3,(H,22,23)/t12-/m1/s1. The summed E-state index contributed by atoms with van der Waals surface area (Å²) in [4.78, 5) is 19.7. The Labute approximate surface area is 144 Å². The second kappa shape index (κ2) is 7.04. The lowest BCUT2D eigenvalue weighted by Gasteiger charge is -2.16. The summed E-state index contributed by atoms with van der Waals surface area (Å²) in [5, 5.41) is 9.10. The van der Waals surface area contributed by atoms with Gasteiger partial charge >= 0.3 is 5.97 Å². The van der Waals surface area contributed by atoms with Gasteiger partial charge in [-0.1, -0.05) is 12.1 Å². The monoisotopic (exact) mass is 339 g/mol. The van der Waals surface area contributed by atoms with Gasteiger partial charge in [-0.3, -0.25) is 4.57 Å². The van der Waals surface area contributed by atoms with Crippen molar-refractivity contribution >= 4 is 5.97 Å². The Bertz CT molecular complexity index is 891. The van der Waals surface area contributed by atoms with Crippen LogP contribution >= 0.6 is 0 Å². The van der Waals surface area contributed by atoms with Gasteiger partial charge in [-0.25, -0.2) is 14.8 Å². The largest absolute Gasteiger partial charge is 0.480 e. The average molecular weight is 339 g/mol. The third-order valence-corrected chi connectivity index (χ3v) is 3.62. The highest BCUT2D eigenvalue weighted by atomic mass is 16.5. The number of rotatable bonds is 6. The normalized spacial score (nSPS) is 11.8. The summed E-state index contributed by atoms with van der Waals surface area (Å²) in [5.41, 5.74) is 1.39. The van der Waals surface area contributed by atoms with Crippen molar-refractivity contribution in [1.29, 1.82) is 0 Å². The molecule has 1 N–H and O–H groups in total. The maximum atomic E-state index is 11.1. The van der Waals surface area contributed by atoms with E-state index in [-0.39, 0.29) is 0 Å². The van der Waals surface area contributed by atoms with Crippen molar-refractivity contribution in [3.05, 3.63) is 55.0 Å². The third-order valence-electron chi connectivity index (χ3n) is 3.62. The van der Waals surface area contributed by atoms with Crippen LogP contribution in [0.3, 0.4) is 0 Å². The van der Waals surface area contributed by atoms with Crippen molar-refractivity contribution in [3.8, 4) is 28.7 Å². The van der Waals surface area contributed by atoms with Gasteiger partial charge in [-0.15, -0.1) is 0 Å². The van der Waals surface area contributed by atoms with Crippen LogP contribution in [-0.2, 0) is 4.79 Å². The Morgan fingerprint density at radius 1 is 1.16 bits per heavy atom. The van der Waals surface area contributed by atoms with E-state index in [0.29, 0.717) is 23.0 Å². The lowest BCUT2D eigenvalue weighted by Crippen LogP contribution is -2.23. The molecule has 0 aliphatic carbocycles. The van der Waals surface area contributed by atoms with Crippen molar-refractivity contribution in [1.82, 2.24) is 14.5 Å². The average Bonchev–Trinajstić information content (AvgIpc) is 3.11. The van der Waals surface area contributed by atoms with Crippen molar-refractivity contribution in [2.45, 2.75) is 13.0 Å². The summed E-state index contributed by atoms with van der Waals surface area (Å²) in [6, 6.07) is 10.8. The quantitative estimate of drug-likeness (QED) is 0.743. The molecule has 25 heavy (non-hydrogen) atoms. The number of benzene rings is 1. The number of ether oxygens (including phenoxy) is 2. The molecule has 0 aliphatic rings. The summed E-state index contributed by atoms with van der Waals surface area (Å²) >= 11 is 0. The highest BCUT2D eigenvalue weighted by Gasteiger charge is 2.19. The van der Waals surface area contributed by atoms with Gasteiger partial charge in [0, 0.05) is 18.6 Å². The number of carboxylic acids is 1. The third kappa shape index (κ3) is 3.30. The molecule has 2 heterocycles. The van der Waals surface area contributed by atoms with Crippen molar-refractivity contribution in [3.63, 3.8) is 0 Å². The highest BCUT2D eigenvalue weighted by Crippen LogP contribution is 2.32. The first-order chi connectivity index (χ1) is 12.1. The van der Waals surface area contributed by atoms with Gasteiger partial charge in [0.15, 0.2) is 6.10 Å². The first-order valence-electron chi connectivity index (χ1n) is 7.63. The first-order valence-corrected chi connectivity index (χ1v) is 7.63. The van der Waals surface area contributed by atoms with E-state index >= 15 is 0 Å². The SMILES string of the molecule is COc1ncccc1-n1ccnc1-c1ccccc1O[C@H](C)C(=O)O. The van der Waals surface area contributed by atoms with Gasteiger partial charge in [0.2, 0.25) is 5.88 Å². The molecule has 3 rings (SSSR count). The number of aromatic nitrogens is 3. The molecule has 0 unspecified atom stereocenters. The maximum Gasteiger partial charge on any atom is 0.344 e. The summed E-state index contributed by atoms with van der Waals surface area (Å²) in [7, 11) is 1.55. The first kappa shape index (κ1) is 16.5. The van der Waals surface area contributed by atoms with E-state index in [9.17, 15) is 4.79 Å². The van der Waals surface area contributed by atoms with Crippen LogP contribution in [0.2, 0.25) is 0 Å². The van der Waals surface area contributed by atoms with Crippen LogP contribution in [0.4, 0.5) is 0 Å². The van der Waals surface area contributed by atoms with Crippen LogP contribution in [-0.4, -0.2) is 38.8 Å². The number of hydrogen-bond donors (Lipinski definition) is 1. The van der Waals surface area contributed by atoms with Crippen molar-refractivity contribution in [2.24, 2.45) is 0 Å². The Kier molecular flexibility index (Phi) is 4.65. The number of nitrogens with zero attached hydrogens (tertiary/aromatic N) is 3. The number of methoxy groups -OCH3 is 1. The second-order valence-electron chi connectivity index (χ2n) is 5.25. The van der Waals surface area contributed by atoms with Gasteiger partial charge in [-0.2, -0.15) is 0 Å². The molecule has 1 atom stereocenters. The van der Waals surface area contributed by atoms with Gasteiger partial charge in [-0.05, 0) is 31.2 Å². The smallest absolute Gasteiger partial charge is 0.344 e. The lowest BCUT2D eigenvalue weighted by molar-refractivity contribution is -0.144. The van der Waals surface area contributed by atoms with E-state index in [1.807, 2.05) is 22.8 Å². The molecule has 128 valence electrons. The Balaban J connectivity index is 2.08. The number of para-hydroxylation sites is 1. The Morgan fingerprint density at radius 3 is 2.72 bits per heavy atom. The van der Waals surface area contributed by atoms with Gasteiger partial charge in [0.1, 0.15) is 17.3 Å². The molecule has 0 amide bonds. The molecule has 2 aromatic heterocycles. The minimum Gasteiger partial charge on any atom is -0.480 e. The number of carbonyl (C=O) groups is 1. The molecule has 0 saturated carbocycles. The zero-order valence-corrected chi connectivity index (χ0v) is 13.8. The topological polar surface area (TPSA) is 86.5 Å². The van der Waals surface area contributed by atoms with Crippen molar-refractivity contribution < 1.29 is 19.4 Å². The molecule has 0 radical (unpaired) electrons. The maximum absolute atomic E-state index is 11.1. The van der Waals surface area contributed by atoms with Crippen LogP contribution in [0.1, 0.15) is 6.92 Å². The second-order valence-corrected chi connectivity index (χ2v) is 5.25. The highest BCUT2D eigenvalue weighted by molar-refractivity contribution is 5.73. The fourth-order valence-electron chi connectivity index (χ4n) is 2.42. The van der Waals surface area contributed by atoms with E-state index in [0.717, 1.165) is 5.69 Å². The van der Waals surface area contributed by atoms with Gasteiger partial charge < -0.3 is 14.6 Å². The van der Waals surface area contributed by atoms with Crippen molar-refractivity contribution in [2.75, 3.05) is 7.11 Å². The fraction of sp³-hybridized carbons (Fsp3) is 0.167. The predicted molar refractivity (Wildman–Crippen MR) is 91.1 cm³/mol. The number of pyridine rings is 1. The minimum atomic E-state index is -1.04. The molecule has 0 saturated heterocycles. The number of hydrogen-bond acceptors (Lipinski definition) is 5. The minimum absolute atomic E-state index is 0.438. The summed E-state index contributed by atoms with van der Waals surface area (Å²) in [6.07, 6.45) is 4.10. The van der Waals surface area contributed by atoms with E-state index < -0.39 is 12.1 Å². The Morgan fingerprint density at radius 2 is 1.96 bits per heavy atom. The van der Waals surface area contributed by atoms with E-state index in [4.69, 9.17) is 14.6 Å². The number of carboxylic acid groups (broad SMARTS) is 1. The van der Waals surface area contributed by atoms with Crippen LogP contribution < -0.4 is 9.47 Å². The summed E-state index contributed by atoms with van der Waals surface area (Å²) in [5.74, 6) is 0.457. The van der Waals surface area contributed by atoms with Crippen LogP contribution in [0.15, 0.2) is 55.0 Å². The molecule has 7 heteroatoms. The summed E-state index contributed by atoms with van der Waals surface area (Å²) < 4.78 is 12.7. The molecule has 1 aromatic carbocycles. The fourth-order valence-corrected chi connectivity index (χ4v) is 2.42. The van der Waals surface area contributed by atoms with Crippen LogP contribution in [0.5, 0.6) is 11.6 Å². The van der Waals surface area contributed by atoms with Gasteiger partial charge in [0.25, 0.3) is 0 Å². The molecule has 7 nitrogen and oxygen atoms in total. The molecule has 0 spiro atoms. The molecule has 0 bridgehead atoms. The summed E-state index contributed by atoms with van der Waals surface area (Å²) in [6.45, 7) is 1.48. The molecule has 0 fully saturated rings. The zero-order chi connectivity index (χ0) is 17.8. The molecule has 0 aliphatic heterocycles. The molecular formula is C18H17N3O4. The lowest BCUT2D eigenvalue weighted by atomic mass is 10.2. The molecule has 3 aromatic rings. The zero-order valence-electron chi connectivity index (χ0n) is 13.8.